The highest BCUT2D eigenvalue weighted by molar-refractivity contribution is 7.88. The summed E-state index contributed by atoms with van der Waals surface area (Å²) in [6.45, 7) is 2.89. The van der Waals surface area contributed by atoms with Crippen LogP contribution in [0, 0.1) is 5.41 Å². The Morgan fingerprint density at radius 1 is 1.30 bits per heavy atom. The van der Waals surface area contributed by atoms with E-state index in [1.807, 2.05) is 6.92 Å². The highest BCUT2D eigenvalue weighted by Gasteiger charge is 2.43. The summed E-state index contributed by atoms with van der Waals surface area (Å²) in [7, 11) is -3.11. The number of carbonyl (C=O) groups is 1. The van der Waals surface area contributed by atoms with E-state index in [0.29, 0.717) is 25.9 Å². The van der Waals surface area contributed by atoms with Gasteiger partial charge < -0.3 is 11.1 Å². The molecule has 0 aromatic carbocycles. The van der Waals surface area contributed by atoms with Crippen molar-refractivity contribution >= 4 is 15.9 Å². The van der Waals surface area contributed by atoms with E-state index in [9.17, 15) is 13.2 Å². The predicted octanol–water partition coefficient (Wildman–Crippen LogP) is 0.0441. The number of rotatable bonds is 3. The highest BCUT2D eigenvalue weighted by Crippen LogP contribution is 2.37. The molecule has 0 aromatic rings. The SMILES string of the molecule is CC1(C(=O)NC2CCN(S(C)(=O)=O)CC2)CCCC1N. The van der Waals surface area contributed by atoms with Crippen LogP contribution in [0.4, 0.5) is 0 Å². The van der Waals surface area contributed by atoms with E-state index in [4.69, 9.17) is 5.73 Å². The van der Waals surface area contributed by atoms with Gasteiger partial charge in [0, 0.05) is 25.2 Å². The number of nitrogens with two attached hydrogens (primary N) is 1. The summed E-state index contributed by atoms with van der Waals surface area (Å²) in [5, 5.41) is 3.06. The average molecular weight is 303 g/mol. The summed E-state index contributed by atoms with van der Waals surface area (Å²) < 4.78 is 24.4. The molecule has 6 nitrogen and oxygen atoms in total. The van der Waals surface area contributed by atoms with Gasteiger partial charge in [-0.25, -0.2) is 12.7 Å². The Hall–Kier alpha value is -0.660. The van der Waals surface area contributed by atoms with Crippen LogP contribution in [0.3, 0.4) is 0 Å². The minimum atomic E-state index is -3.11. The Morgan fingerprint density at radius 3 is 2.35 bits per heavy atom. The molecule has 2 fully saturated rings. The van der Waals surface area contributed by atoms with Crippen molar-refractivity contribution in [3.05, 3.63) is 0 Å². The largest absolute Gasteiger partial charge is 0.353 e. The van der Waals surface area contributed by atoms with Gasteiger partial charge in [0.15, 0.2) is 0 Å². The van der Waals surface area contributed by atoms with Crippen LogP contribution in [-0.4, -0.2) is 50.1 Å². The molecule has 0 spiro atoms. The molecule has 3 N–H and O–H groups in total. The molecular weight excluding hydrogens is 278 g/mol. The number of hydrogen-bond acceptors (Lipinski definition) is 4. The minimum absolute atomic E-state index is 0.0281. The molecule has 1 saturated heterocycles. The lowest BCUT2D eigenvalue weighted by atomic mass is 9.83. The van der Waals surface area contributed by atoms with E-state index in [-0.39, 0.29) is 18.0 Å². The van der Waals surface area contributed by atoms with Crippen molar-refractivity contribution in [1.29, 1.82) is 0 Å². The number of nitrogens with zero attached hydrogens (tertiary/aromatic N) is 1. The molecule has 7 heteroatoms. The molecule has 1 aliphatic heterocycles. The predicted molar refractivity (Wildman–Crippen MR) is 77.5 cm³/mol. The quantitative estimate of drug-likeness (QED) is 0.770. The van der Waals surface area contributed by atoms with E-state index in [1.54, 1.807) is 0 Å². The second-order valence-corrected chi connectivity index (χ2v) is 8.31. The second-order valence-electron chi connectivity index (χ2n) is 6.33. The molecule has 1 aliphatic carbocycles. The third-order valence-corrected chi connectivity index (χ3v) is 6.11. The number of amides is 1. The highest BCUT2D eigenvalue weighted by atomic mass is 32.2. The maximum absolute atomic E-state index is 12.4. The Balaban J connectivity index is 1.88. The van der Waals surface area contributed by atoms with Crippen molar-refractivity contribution in [3.8, 4) is 0 Å². The van der Waals surface area contributed by atoms with Crippen LogP contribution in [0.2, 0.25) is 0 Å². The van der Waals surface area contributed by atoms with Crippen LogP contribution >= 0.6 is 0 Å². The first kappa shape index (κ1) is 15.7. The standard InChI is InChI=1S/C13H25N3O3S/c1-13(7-3-4-11(13)14)12(17)15-10-5-8-16(9-6-10)20(2,18)19/h10-11H,3-9,14H2,1-2H3,(H,15,17). The Morgan fingerprint density at radius 2 is 1.90 bits per heavy atom. The van der Waals surface area contributed by atoms with Crippen molar-refractivity contribution in [3.63, 3.8) is 0 Å². The lowest BCUT2D eigenvalue weighted by Gasteiger charge is -2.34. The Kier molecular flexibility index (Phi) is 4.41. The number of nitrogens with one attached hydrogen (secondary N) is 1. The molecule has 0 aromatic heterocycles. The van der Waals surface area contributed by atoms with E-state index in [2.05, 4.69) is 5.32 Å². The lowest BCUT2D eigenvalue weighted by molar-refractivity contribution is -0.131. The number of sulfonamides is 1. The molecule has 116 valence electrons. The van der Waals surface area contributed by atoms with Crippen molar-refractivity contribution in [1.82, 2.24) is 9.62 Å². The zero-order valence-electron chi connectivity index (χ0n) is 12.3. The summed E-state index contributed by atoms with van der Waals surface area (Å²) >= 11 is 0. The first-order valence-electron chi connectivity index (χ1n) is 7.25. The molecule has 2 atom stereocenters. The summed E-state index contributed by atoms with van der Waals surface area (Å²) in [5.41, 5.74) is 5.59. The molecule has 1 heterocycles. The van der Waals surface area contributed by atoms with E-state index in [1.165, 1.54) is 10.6 Å². The molecule has 2 aliphatic rings. The van der Waals surface area contributed by atoms with Crippen molar-refractivity contribution in [2.75, 3.05) is 19.3 Å². The smallest absolute Gasteiger partial charge is 0.227 e. The molecular formula is C13H25N3O3S. The van der Waals surface area contributed by atoms with E-state index in [0.717, 1.165) is 19.3 Å². The topological polar surface area (TPSA) is 92.5 Å². The summed E-state index contributed by atoms with van der Waals surface area (Å²) in [5.74, 6) is 0.0281. The van der Waals surface area contributed by atoms with E-state index < -0.39 is 15.4 Å². The van der Waals surface area contributed by atoms with Crippen molar-refractivity contribution in [2.24, 2.45) is 11.1 Å². The molecule has 2 rings (SSSR count). The van der Waals surface area contributed by atoms with Gasteiger partial charge in [0.25, 0.3) is 0 Å². The third kappa shape index (κ3) is 3.15. The Bertz CT molecular complexity index is 471. The van der Waals surface area contributed by atoms with Gasteiger partial charge in [-0.1, -0.05) is 6.42 Å². The van der Waals surface area contributed by atoms with Gasteiger partial charge in [0.1, 0.15) is 0 Å². The molecule has 1 saturated carbocycles. The van der Waals surface area contributed by atoms with Gasteiger partial charge in [-0.3, -0.25) is 4.79 Å². The van der Waals surface area contributed by atoms with Crippen LogP contribution in [0.15, 0.2) is 0 Å². The lowest BCUT2D eigenvalue weighted by Crippen LogP contribution is -2.53. The molecule has 0 bridgehead atoms. The summed E-state index contributed by atoms with van der Waals surface area (Å²) in [6, 6.07) is -0.0104. The zero-order chi connectivity index (χ0) is 15.0. The van der Waals surface area contributed by atoms with Crippen molar-refractivity contribution < 1.29 is 13.2 Å². The maximum Gasteiger partial charge on any atom is 0.227 e. The molecule has 1 amide bonds. The fourth-order valence-corrected chi connectivity index (χ4v) is 4.03. The molecule has 2 unspecified atom stereocenters. The second kappa shape index (κ2) is 5.61. The van der Waals surface area contributed by atoms with Crippen LogP contribution < -0.4 is 11.1 Å². The van der Waals surface area contributed by atoms with Crippen molar-refractivity contribution in [2.45, 2.75) is 51.1 Å². The first-order valence-corrected chi connectivity index (χ1v) is 9.10. The monoisotopic (exact) mass is 303 g/mol. The molecule has 0 radical (unpaired) electrons. The fourth-order valence-electron chi connectivity index (χ4n) is 3.16. The van der Waals surface area contributed by atoms with Gasteiger partial charge in [-0.2, -0.15) is 0 Å². The van der Waals surface area contributed by atoms with Crippen LogP contribution in [0.25, 0.3) is 0 Å². The fraction of sp³-hybridized carbons (Fsp3) is 0.923. The normalized spacial score (nSPS) is 33.2. The van der Waals surface area contributed by atoms with Crippen LogP contribution in [-0.2, 0) is 14.8 Å². The van der Waals surface area contributed by atoms with Gasteiger partial charge >= 0.3 is 0 Å². The Labute approximate surface area is 121 Å². The average Bonchev–Trinajstić information content (AvgIpc) is 2.70. The maximum atomic E-state index is 12.4. The van der Waals surface area contributed by atoms with Crippen LogP contribution in [0.1, 0.15) is 39.0 Å². The number of carbonyl (C=O) groups excluding carboxylic acids is 1. The minimum Gasteiger partial charge on any atom is -0.353 e. The number of piperidine rings is 1. The van der Waals surface area contributed by atoms with Gasteiger partial charge in [-0.05, 0) is 32.6 Å². The summed E-state index contributed by atoms with van der Waals surface area (Å²) in [6.07, 6.45) is 5.30. The number of hydrogen-bond donors (Lipinski definition) is 2. The van der Waals surface area contributed by atoms with E-state index >= 15 is 0 Å². The van der Waals surface area contributed by atoms with Crippen LogP contribution in [0.5, 0.6) is 0 Å². The van der Waals surface area contributed by atoms with Gasteiger partial charge in [-0.15, -0.1) is 0 Å². The molecule has 20 heavy (non-hydrogen) atoms. The summed E-state index contributed by atoms with van der Waals surface area (Å²) in [4.78, 5) is 12.4. The third-order valence-electron chi connectivity index (χ3n) is 4.81. The van der Waals surface area contributed by atoms with Gasteiger partial charge in [0.05, 0.1) is 11.7 Å². The first-order chi connectivity index (χ1) is 9.23. The zero-order valence-corrected chi connectivity index (χ0v) is 13.1. The van der Waals surface area contributed by atoms with Gasteiger partial charge in [0.2, 0.25) is 15.9 Å².